The van der Waals surface area contributed by atoms with Crippen molar-refractivity contribution in [2.75, 3.05) is 0 Å². The lowest BCUT2D eigenvalue weighted by molar-refractivity contribution is 0.239. The second-order valence-corrected chi connectivity index (χ2v) is 4.61. The highest BCUT2D eigenvalue weighted by Crippen LogP contribution is 2.25. The first-order chi connectivity index (χ1) is 9.60. The number of halogens is 1. The SMILES string of the molecule is CCCc1noc(COc2cc(F)ccc2C(C)N)n1. The van der Waals surface area contributed by atoms with E-state index in [2.05, 4.69) is 10.1 Å². The van der Waals surface area contributed by atoms with Crippen molar-refractivity contribution in [3.05, 3.63) is 41.3 Å². The summed E-state index contributed by atoms with van der Waals surface area (Å²) in [6.45, 7) is 3.94. The zero-order chi connectivity index (χ0) is 14.5. The second-order valence-electron chi connectivity index (χ2n) is 4.61. The quantitative estimate of drug-likeness (QED) is 0.880. The number of nitrogens with zero attached hydrogens (tertiary/aromatic N) is 2. The van der Waals surface area contributed by atoms with Crippen LogP contribution in [0.1, 0.15) is 43.6 Å². The zero-order valence-corrected chi connectivity index (χ0v) is 11.6. The fourth-order valence-electron chi connectivity index (χ4n) is 1.82. The summed E-state index contributed by atoms with van der Waals surface area (Å²) in [6.07, 6.45) is 1.70. The Kier molecular flexibility index (Phi) is 4.68. The topological polar surface area (TPSA) is 74.2 Å². The Bertz CT molecular complexity index is 569. The van der Waals surface area contributed by atoms with Gasteiger partial charge in [-0.3, -0.25) is 0 Å². The van der Waals surface area contributed by atoms with Gasteiger partial charge in [0.2, 0.25) is 0 Å². The van der Waals surface area contributed by atoms with Crippen molar-refractivity contribution in [2.24, 2.45) is 5.73 Å². The number of nitrogens with two attached hydrogens (primary N) is 1. The molecule has 0 amide bonds. The normalized spacial score (nSPS) is 12.4. The fraction of sp³-hybridized carbons (Fsp3) is 0.429. The molecule has 0 fully saturated rings. The number of aromatic nitrogens is 2. The molecular formula is C14H18FN3O2. The van der Waals surface area contributed by atoms with Crippen molar-refractivity contribution in [2.45, 2.75) is 39.3 Å². The highest BCUT2D eigenvalue weighted by atomic mass is 19.1. The van der Waals surface area contributed by atoms with Crippen molar-refractivity contribution in [1.29, 1.82) is 0 Å². The van der Waals surface area contributed by atoms with Crippen LogP contribution >= 0.6 is 0 Å². The molecule has 108 valence electrons. The molecule has 0 radical (unpaired) electrons. The minimum Gasteiger partial charge on any atom is -0.483 e. The van der Waals surface area contributed by atoms with E-state index in [-0.39, 0.29) is 18.5 Å². The summed E-state index contributed by atoms with van der Waals surface area (Å²) in [7, 11) is 0. The summed E-state index contributed by atoms with van der Waals surface area (Å²) in [5.41, 5.74) is 6.56. The van der Waals surface area contributed by atoms with Gasteiger partial charge in [0.15, 0.2) is 12.4 Å². The van der Waals surface area contributed by atoms with E-state index in [1.165, 1.54) is 12.1 Å². The number of aryl methyl sites for hydroxylation is 1. The van der Waals surface area contributed by atoms with Crippen LogP contribution in [0.25, 0.3) is 0 Å². The molecule has 0 aliphatic rings. The third kappa shape index (κ3) is 3.54. The van der Waals surface area contributed by atoms with Crippen LogP contribution < -0.4 is 10.5 Å². The summed E-state index contributed by atoms with van der Waals surface area (Å²) in [6, 6.07) is 4.04. The van der Waals surface area contributed by atoms with Gasteiger partial charge in [-0.05, 0) is 19.4 Å². The van der Waals surface area contributed by atoms with E-state index in [0.29, 0.717) is 17.5 Å². The molecule has 1 atom stereocenters. The molecule has 1 aromatic heterocycles. The van der Waals surface area contributed by atoms with E-state index in [1.807, 2.05) is 13.8 Å². The summed E-state index contributed by atoms with van der Waals surface area (Å²) in [5.74, 6) is 1.04. The lowest BCUT2D eigenvalue weighted by Gasteiger charge is -2.12. The van der Waals surface area contributed by atoms with Gasteiger partial charge in [0.1, 0.15) is 11.6 Å². The van der Waals surface area contributed by atoms with Gasteiger partial charge >= 0.3 is 0 Å². The second kappa shape index (κ2) is 6.47. The Morgan fingerprint density at radius 2 is 2.25 bits per heavy atom. The maximum Gasteiger partial charge on any atom is 0.264 e. The van der Waals surface area contributed by atoms with Gasteiger partial charge in [-0.25, -0.2) is 4.39 Å². The smallest absolute Gasteiger partial charge is 0.264 e. The average Bonchev–Trinajstić information content (AvgIpc) is 2.84. The first-order valence-corrected chi connectivity index (χ1v) is 6.59. The van der Waals surface area contributed by atoms with Crippen LogP contribution in [-0.4, -0.2) is 10.1 Å². The lowest BCUT2D eigenvalue weighted by atomic mass is 10.1. The van der Waals surface area contributed by atoms with Gasteiger partial charge in [-0.1, -0.05) is 18.1 Å². The highest BCUT2D eigenvalue weighted by molar-refractivity contribution is 5.36. The Hall–Kier alpha value is -1.95. The van der Waals surface area contributed by atoms with Crippen molar-refractivity contribution in [1.82, 2.24) is 10.1 Å². The third-order valence-corrected chi connectivity index (χ3v) is 2.80. The molecule has 1 aromatic carbocycles. The zero-order valence-electron chi connectivity index (χ0n) is 11.6. The first-order valence-electron chi connectivity index (χ1n) is 6.59. The molecule has 2 aromatic rings. The van der Waals surface area contributed by atoms with Crippen molar-refractivity contribution in [3.63, 3.8) is 0 Å². The van der Waals surface area contributed by atoms with E-state index in [4.69, 9.17) is 15.0 Å². The molecule has 2 N–H and O–H groups in total. The predicted molar refractivity (Wildman–Crippen MR) is 71.6 cm³/mol. The van der Waals surface area contributed by atoms with Crippen molar-refractivity contribution >= 4 is 0 Å². The fourth-order valence-corrected chi connectivity index (χ4v) is 1.82. The standard InChI is InChI=1S/C14H18FN3O2/c1-3-4-13-17-14(20-18-13)8-19-12-7-10(15)5-6-11(12)9(2)16/h5-7,9H,3-4,8,16H2,1-2H3. The van der Waals surface area contributed by atoms with Gasteiger partial charge in [0, 0.05) is 24.1 Å². The van der Waals surface area contributed by atoms with Gasteiger partial charge in [0.25, 0.3) is 5.89 Å². The summed E-state index contributed by atoms with van der Waals surface area (Å²) in [5, 5.41) is 3.83. The first kappa shape index (κ1) is 14.5. The van der Waals surface area contributed by atoms with E-state index < -0.39 is 0 Å². The highest BCUT2D eigenvalue weighted by Gasteiger charge is 2.12. The van der Waals surface area contributed by atoms with E-state index in [9.17, 15) is 4.39 Å². The maximum absolute atomic E-state index is 13.3. The maximum atomic E-state index is 13.3. The summed E-state index contributed by atoms with van der Waals surface area (Å²) in [4.78, 5) is 4.18. The molecule has 0 aliphatic heterocycles. The monoisotopic (exact) mass is 279 g/mol. The molecule has 5 nitrogen and oxygen atoms in total. The Balaban J connectivity index is 2.07. The summed E-state index contributed by atoms with van der Waals surface area (Å²) < 4.78 is 23.9. The molecule has 1 unspecified atom stereocenters. The van der Waals surface area contributed by atoms with Gasteiger partial charge in [-0.2, -0.15) is 4.98 Å². The van der Waals surface area contributed by atoms with Crippen LogP contribution in [0.2, 0.25) is 0 Å². The van der Waals surface area contributed by atoms with Crippen LogP contribution in [0.5, 0.6) is 5.75 Å². The minimum absolute atomic E-state index is 0.0971. The molecule has 6 heteroatoms. The van der Waals surface area contributed by atoms with Gasteiger partial charge < -0.3 is 15.0 Å². The van der Waals surface area contributed by atoms with E-state index >= 15 is 0 Å². The predicted octanol–water partition coefficient (Wildman–Crippen LogP) is 2.76. The molecule has 0 aliphatic carbocycles. The minimum atomic E-state index is -0.374. The van der Waals surface area contributed by atoms with E-state index in [1.54, 1.807) is 6.07 Å². The van der Waals surface area contributed by atoms with Crippen LogP contribution in [0, 0.1) is 5.82 Å². The Labute approximate surface area is 116 Å². The van der Waals surface area contributed by atoms with Crippen LogP contribution in [0.4, 0.5) is 4.39 Å². The Morgan fingerprint density at radius 1 is 1.45 bits per heavy atom. The van der Waals surface area contributed by atoms with Crippen molar-refractivity contribution in [3.8, 4) is 5.75 Å². The molecular weight excluding hydrogens is 261 g/mol. The number of hydrogen-bond donors (Lipinski definition) is 1. The Morgan fingerprint density at radius 3 is 2.95 bits per heavy atom. The van der Waals surface area contributed by atoms with E-state index in [0.717, 1.165) is 18.4 Å². The average molecular weight is 279 g/mol. The molecule has 2 rings (SSSR count). The molecule has 0 saturated carbocycles. The molecule has 0 bridgehead atoms. The number of hydrogen-bond acceptors (Lipinski definition) is 5. The largest absolute Gasteiger partial charge is 0.483 e. The van der Waals surface area contributed by atoms with Crippen LogP contribution in [0.3, 0.4) is 0 Å². The van der Waals surface area contributed by atoms with Gasteiger partial charge in [0.05, 0.1) is 0 Å². The summed E-state index contributed by atoms with van der Waals surface area (Å²) >= 11 is 0. The molecule has 1 heterocycles. The third-order valence-electron chi connectivity index (χ3n) is 2.80. The molecule has 0 spiro atoms. The number of ether oxygens (including phenoxy) is 1. The van der Waals surface area contributed by atoms with Crippen LogP contribution in [-0.2, 0) is 13.0 Å². The number of benzene rings is 1. The van der Waals surface area contributed by atoms with Gasteiger partial charge in [-0.15, -0.1) is 0 Å². The molecule has 0 saturated heterocycles. The van der Waals surface area contributed by atoms with Crippen molar-refractivity contribution < 1.29 is 13.7 Å². The molecule has 20 heavy (non-hydrogen) atoms. The van der Waals surface area contributed by atoms with Crippen LogP contribution in [0.15, 0.2) is 22.7 Å². The number of rotatable bonds is 6. The lowest BCUT2D eigenvalue weighted by Crippen LogP contribution is -2.08.